The van der Waals surface area contributed by atoms with E-state index in [4.69, 9.17) is 0 Å². The summed E-state index contributed by atoms with van der Waals surface area (Å²) in [5.41, 5.74) is 0. The predicted octanol–water partition coefficient (Wildman–Crippen LogP) is 2.25. The quantitative estimate of drug-likeness (QED) is 0.443. The van der Waals surface area contributed by atoms with Gasteiger partial charge in [-0.05, 0) is 0 Å². The summed E-state index contributed by atoms with van der Waals surface area (Å²) in [5.74, 6) is 0. The van der Waals surface area contributed by atoms with E-state index in [-0.39, 0.29) is 36.3 Å². The summed E-state index contributed by atoms with van der Waals surface area (Å²) < 4.78 is 0. The van der Waals surface area contributed by atoms with Gasteiger partial charge in [0.05, 0.1) is 0 Å². The van der Waals surface area contributed by atoms with Crippen LogP contribution in [0.2, 0.25) is 0 Å². The molecule has 0 atom stereocenters. The van der Waals surface area contributed by atoms with Crippen LogP contribution in [0.3, 0.4) is 0 Å². The van der Waals surface area contributed by atoms with Crippen LogP contribution in [0.4, 0.5) is 0 Å². The first-order chi connectivity index (χ1) is 7.83. The molecule has 0 heterocycles. The molecular weight excluding hydrogens is 224 g/mol. The fourth-order valence-corrected chi connectivity index (χ4v) is 1.41. The molecule has 0 unspecified atom stereocenters. The third kappa shape index (κ3) is 31.5. The first-order valence-electron chi connectivity index (χ1n) is 6.99. The van der Waals surface area contributed by atoms with Gasteiger partial charge in [0.2, 0.25) is 0 Å². The molecule has 0 saturated heterocycles. The second-order valence-electron chi connectivity index (χ2n) is 4.24. The van der Waals surface area contributed by atoms with E-state index in [0.717, 1.165) is 25.7 Å². The zero-order valence-corrected chi connectivity index (χ0v) is 13.4. The molecule has 0 amide bonds. The summed E-state index contributed by atoms with van der Waals surface area (Å²) in [4.78, 5) is 0. The monoisotopic (exact) mass is 254 g/mol. The zero-order chi connectivity index (χ0) is 12.5. The molecule has 0 aromatic carbocycles. The van der Waals surface area contributed by atoms with Crippen LogP contribution in [0.15, 0.2) is 0 Å². The van der Waals surface area contributed by atoms with Crippen LogP contribution in [-0.4, -0.2) is 36.3 Å². The van der Waals surface area contributed by atoms with Gasteiger partial charge in [-0.1, -0.05) is 78.1 Å². The fraction of sp³-hybridized carbons (Fsp3) is 1.00. The summed E-state index contributed by atoms with van der Waals surface area (Å²) >= 11 is 0. The largest absolute Gasteiger partial charge is 2.00 e. The van der Waals surface area contributed by atoms with Gasteiger partial charge in [-0.15, -0.1) is 13.2 Å². The van der Waals surface area contributed by atoms with Crippen molar-refractivity contribution in [2.45, 2.75) is 78.1 Å². The zero-order valence-electron chi connectivity index (χ0n) is 12.0. The van der Waals surface area contributed by atoms with E-state index < -0.39 is 0 Å². The Labute approximate surface area is 124 Å². The van der Waals surface area contributed by atoms with E-state index in [1.165, 1.54) is 38.5 Å². The first-order valence-corrected chi connectivity index (χ1v) is 6.99. The van der Waals surface area contributed by atoms with Gasteiger partial charge < -0.3 is 10.2 Å². The summed E-state index contributed by atoms with van der Waals surface area (Å²) in [5, 5.41) is 19.8. The van der Waals surface area contributed by atoms with Crippen molar-refractivity contribution in [1.82, 2.24) is 0 Å². The molecular formula is C14H30MgO2. The molecule has 0 aliphatic heterocycles. The Hall–Kier alpha value is 0.686. The Bertz CT molecular complexity index is 76.2. The first kappa shape index (κ1) is 22.8. The van der Waals surface area contributed by atoms with Gasteiger partial charge in [-0.2, -0.15) is 0 Å². The molecule has 0 N–H and O–H groups in total. The maximum atomic E-state index is 9.89. The summed E-state index contributed by atoms with van der Waals surface area (Å²) in [6.07, 6.45) is 11.6. The molecule has 0 aromatic rings. The molecule has 3 heteroatoms. The van der Waals surface area contributed by atoms with Crippen LogP contribution >= 0.6 is 0 Å². The Morgan fingerprint density at radius 2 is 0.824 bits per heavy atom. The van der Waals surface area contributed by atoms with Crippen LogP contribution in [-0.2, 0) is 0 Å². The van der Waals surface area contributed by atoms with Crippen molar-refractivity contribution < 1.29 is 10.2 Å². The number of hydrogen-bond donors (Lipinski definition) is 0. The van der Waals surface area contributed by atoms with Gasteiger partial charge in [0.15, 0.2) is 0 Å². The van der Waals surface area contributed by atoms with E-state index in [1.54, 1.807) is 0 Å². The normalized spacial score (nSPS) is 9.18. The third-order valence-electron chi connectivity index (χ3n) is 2.50. The van der Waals surface area contributed by atoms with Gasteiger partial charge in [0, 0.05) is 0 Å². The molecule has 0 aliphatic carbocycles. The minimum atomic E-state index is 0. The molecule has 0 saturated carbocycles. The molecule has 0 aromatic heterocycles. The Balaban J connectivity index is -0.000000218. The van der Waals surface area contributed by atoms with Crippen LogP contribution in [0.5, 0.6) is 0 Å². The topological polar surface area (TPSA) is 46.1 Å². The van der Waals surface area contributed by atoms with E-state index >= 15 is 0 Å². The number of unbranched alkanes of at least 4 members (excludes halogenated alkanes) is 8. The van der Waals surface area contributed by atoms with Crippen molar-refractivity contribution in [2.24, 2.45) is 0 Å². The van der Waals surface area contributed by atoms with Crippen molar-refractivity contribution in [3.63, 3.8) is 0 Å². The maximum Gasteiger partial charge on any atom is 2.00 e. The molecule has 17 heavy (non-hydrogen) atoms. The minimum Gasteiger partial charge on any atom is -0.854 e. The molecule has 0 bridgehead atoms. The van der Waals surface area contributed by atoms with Crippen molar-refractivity contribution >= 4 is 23.1 Å². The number of rotatable bonds is 10. The minimum absolute atomic E-state index is 0. The smallest absolute Gasteiger partial charge is 0.854 e. The summed E-state index contributed by atoms with van der Waals surface area (Å²) in [6, 6.07) is 0. The van der Waals surface area contributed by atoms with E-state index in [0.29, 0.717) is 0 Å². The standard InChI is InChI=1S/2C7H15O.Mg/c2*1-2-3-4-5-6-7-8;/h2*2-7H2,1H3;/q2*-1;+2. The molecule has 0 spiro atoms. The molecule has 0 rings (SSSR count). The van der Waals surface area contributed by atoms with Gasteiger partial charge in [-0.3, -0.25) is 0 Å². The van der Waals surface area contributed by atoms with Crippen molar-refractivity contribution in [3.8, 4) is 0 Å². The average molecular weight is 255 g/mol. The van der Waals surface area contributed by atoms with Crippen molar-refractivity contribution in [1.29, 1.82) is 0 Å². The van der Waals surface area contributed by atoms with Gasteiger partial charge in [0.1, 0.15) is 0 Å². The van der Waals surface area contributed by atoms with Crippen LogP contribution < -0.4 is 10.2 Å². The molecule has 0 fully saturated rings. The van der Waals surface area contributed by atoms with E-state index in [9.17, 15) is 10.2 Å². The van der Waals surface area contributed by atoms with Crippen molar-refractivity contribution in [2.75, 3.05) is 13.2 Å². The van der Waals surface area contributed by atoms with Crippen molar-refractivity contribution in [3.05, 3.63) is 0 Å². The van der Waals surface area contributed by atoms with Crippen LogP contribution in [0.1, 0.15) is 78.1 Å². The fourth-order valence-electron chi connectivity index (χ4n) is 1.41. The summed E-state index contributed by atoms with van der Waals surface area (Å²) in [7, 11) is 0. The van der Waals surface area contributed by atoms with Gasteiger partial charge in [-0.25, -0.2) is 0 Å². The number of hydrogen-bond acceptors (Lipinski definition) is 2. The predicted molar refractivity (Wildman–Crippen MR) is 73.0 cm³/mol. The van der Waals surface area contributed by atoms with E-state index in [1.807, 2.05) is 0 Å². The molecule has 0 aliphatic rings. The van der Waals surface area contributed by atoms with Crippen LogP contribution in [0, 0.1) is 0 Å². The molecule has 0 radical (unpaired) electrons. The van der Waals surface area contributed by atoms with Crippen LogP contribution in [0.25, 0.3) is 0 Å². The molecule has 2 nitrogen and oxygen atoms in total. The summed E-state index contributed by atoms with van der Waals surface area (Å²) in [6.45, 7) is 4.59. The average Bonchev–Trinajstić information content (AvgIpc) is 2.31. The second-order valence-corrected chi connectivity index (χ2v) is 4.24. The Kier molecular flexibility index (Phi) is 34.3. The molecule has 100 valence electrons. The Morgan fingerprint density at radius 3 is 1.06 bits per heavy atom. The van der Waals surface area contributed by atoms with Gasteiger partial charge in [0.25, 0.3) is 0 Å². The van der Waals surface area contributed by atoms with Gasteiger partial charge >= 0.3 is 23.1 Å². The maximum absolute atomic E-state index is 9.89. The SMILES string of the molecule is CCCCCCC[O-].CCCCCCC[O-].[Mg+2]. The second kappa shape index (κ2) is 25.5. The van der Waals surface area contributed by atoms with E-state index in [2.05, 4.69) is 13.8 Å². The Morgan fingerprint density at radius 1 is 0.529 bits per heavy atom. The third-order valence-corrected chi connectivity index (χ3v) is 2.50.